The second-order valence-corrected chi connectivity index (χ2v) is 11.4. The van der Waals surface area contributed by atoms with Crippen LogP contribution in [0.1, 0.15) is 38.8 Å². The maximum absolute atomic E-state index is 13.5. The number of hydrogen-bond acceptors (Lipinski definition) is 6. The smallest absolute Gasteiger partial charge is 0.271 e. The van der Waals surface area contributed by atoms with Gasteiger partial charge in [0.15, 0.2) is 0 Å². The van der Waals surface area contributed by atoms with Crippen molar-refractivity contribution in [3.05, 3.63) is 69.8 Å². The molecule has 2 amide bonds. The molecule has 0 saturated heterocycles. The monoisotopic (exact) mass is 504 g/mol. The summed E-state index contributed by atoms with van der Waals surface area (Å²) in [7, 11) is -3.98. The number of hydrogen-bond donors (Lipinski definition) is 1. The van der Waals surface area contributed by atoms with E-state index in [1.54, 1.807) is 6.92 Å². The molecule has 0 aliphatic heterocycles. The molecular formula is C24H32N4O6S. The molecule has 0 spiro atoms. The maximum atomic E-state index is 13.5. The van der Waals surface area contributed by atoms with E-state index in [1.807, 2.05) is 52.0 Å². The number of nitro groups is 1. The molecule has 0 aromatic heterocycles. The molecule has 2 rings (SSSR count). The molecule has 0 bridgehead atoms. The Morgan fingerprint density at radius 2 is 1.74 bits per heavy atom. The topological polar surface area (TPSA) is 130 Å². The van der Waals surface area contributed by atoms with Gasteiger partial charge in [0.1, 0.15) is 12.6 Å². The summed E-state index contributed by atoms with van der Waals surface area (Å²) in [5.41, 5.74) is 0.882. The van der Waals surface area contributed by atoms with Crippen LogP contribution in [0.4, 0.5) is 11.4 Å². The van der Waals surface area contributed by atoms with Gasteiger partial charge in [-0.1, -0.05) is 35.9 Å². The number of rotatable bonds is 9. The minimum Gasteiger partial charge on any atom is -0.350 e. The summed E-state index contributed by atoms with van der Waals surface area (Å²) in [5.74, 6) is -1.01. The third kappa shape index (κ3) is 8.06. The van der Waals surface area contributed by atoms with Gasteiger partial charge in [-0.3, -0.25) is 24.0 Å². The number of nitro benzene ring substituents is 1. The standard InChI is InChI=1S/C24H32N4O6S/c1-17-9-7-10-19(13-17)15-26(18(2)23(30)25-24(3,4)5)22(29)16-27(35(6,33)34)20-11-8-12-21(14-20)28(31)32/h7-14,18H,15-16H2,1-6H3,(H,25,30). The fraction of sp³-hybridized carbons (Fsp3) is 0.417. The van der Waals surface area contributed by atoms with E-state index in [2.05, 4.69) is 5.32 Å². The Labute approximate surface area is 206 Å². The van der Waals surface area contributed by atoms with E-state index in [-0.39, 0.29) is 23.8 Å². The number of nitrogens with zero attached hydrogens (tertiary/aromatic N) is 3. The van der Waals surface area contributed by atoms with Gasteiger partial charge in [0, 0.05) is 24.2 Å². The first-order valence-electron chi connectivity index (χ1n) is 11.0. The summed E-state index contributed by atoms with van der Waals surface area (Å²) >= 11 is 0. The van der Waals surface area contributed by atoms with Crippen molar-refractivity contribution in [2.75, 3.05) is 17.1 Å². The highest BCUT2D eigenvalue weighted by atomic mass is 32.2. The molecule has 10 nitrogen and oxygen atoms in total. The summed E-state index contributed by atoms with van der Waals surface area (Å²) in [6.45, 7) is 8.38. The molecular weight excluding hydrogens is 472 g/mol. The molecule has 1 unspecified atom stereocenters. The van der Waals surface area contributed by atoms with Crippen LogP contribution in [0, 0.1) is 17.0 Å². The number of carbonyl (C=O) groups excluding carboxylic acids is 2. The average Bonchev–Trinajstić information content (AvgIpc) is 2.73. The number of carbonyl (C=O) groups is 2. The molecule has 11 heteroatoms. The summed E-state index contributed by atoms with van der Waals surface area (Å²) in [6.07, 6.45) is 0.916. The van der Waals surface area contributed by atoms with Crippen molar-refractivity contribution in [1.82, 2.24) is 10.2 Å². The van der Waals surface area contributed by atoms with Crippen LogP contribution in [0.3, 0.4) is 0 Å². The van der Waals surface area contributed by atoms with Crippen molar-refractivity contribution < 1.29 is 22.9 Å². The van der Waals surface area contributed by atoms with Crippen LogP contribution in [0.5, 0.6) is 0 Å². The molecule has 1 atom stereocenters. The van der Waals surface area contributed by atoms with E-state index in [0.717, 1.165) is 27.8 Å². The Morgan fingerprint density at radius 3 is 2.29 bits per heavy atom. The number of sulfonamides is 1. The van der Waals surface area contributed by atoms with Crippen LogP contribution < -0.4 is 9.62 Å². The van der Waals surface area contributed by atoms with Crippen LogP contribution >= 0.6 is 0 Å². The van der Waals surface area contributed by atoms with E-state index in [4.69, 9.17) is 0 Å². The van der Waals surface area contributed by atoms with Crippen molar-refractivity contribution >= 4 is 33.2 Å². The normalized spacial score (nSPS) is 12.5. The SMILES string of the molecule is Cc1cccc(CN(C(=O)CN(c2cccc([N+](=O)[O-])c2)S(C)(=O)=O)C(C)C(=O)NC(C)(C)C)c1. The van der Waals surface area contributed by atoms with E-state index < -0.39 is 39.0 Å². The minimum atomic E-state index is -3.98. The van der Waals surface area contributed by atoms with Gasteiger partial charge in [-0.15, -0.1) is 0 Å². The molecule has 0 saturated carbocycles. The third-order valence-corrected chi connectivity index (χ3v) is 6.25. The van der Waals surface area contributed by atoms with Crippen LogP contribution in [0.25, 0.3) is 0 Å². The Balaban J connectivity index is 2.45. The number of anilines is 1. The minimum absolute atomic E-state index is 0.0163. The van der Waals surface area contributed by atoms with Crippen molar-refractivity contribution in [3.63, 3.8) is 0 Å². The lowest BCUT2D eigenvalue weighted by atomic mass is 10.1. The maximum Gasteiger partial charge on any atom is 0.271 e. The van der Waals surface area contributed by atoms with Gasteiger partial charge >= 0.3 is 0 Å². The molecule has 35 heavy (non-hydrogen) atoms. The predicted octanol–water partition coefficient (Wildman–Crippen LogP) is 3.00. The molecule has 0 aliphatic rings. The molecule has 2 aromatic carbocycles. The number of amides is 2. The Kier molecular flexibility index (Phi) is 8.61. The fourth-order valence-electron chi connectivity index (χ4n) is 3.44. The van der Waals surface area contributed by atoms with Crippen LogP contribution in [-0.4, -0.2) is 54.4 Å². The van der Waals surface area contributed by atoms with Crippen molar-refractivity contribution in [3.8, 4) is 0 Å². The van der Waals surface area contributed by atoms with Gasteiger partial charge in [-0.05, 0) is 46.2 Å². The number of non-ortho nitro benzene ring substituents is 1. The fourth-order valence-corrected chi connectivity index (χ4v) is 4.28. The highest BCUT2D eigenvalue weighted by Gasteiger charge is 2.31. The molecule has 190 valence electrons. The zero-order valence-electron chi connectivity index (χ0n) is 20.8. The first-order chi connectivity index (χ1) is 16.1. The van der Waals surface area contributed by atoms with Gasteiger partial charge in [0.05, 0.1) is 16.9 Å². The van der Waals surface area contributed by atoms with Gasteiger partial charge in [-0.25, -0.2) is 8.42 Å². The van der Waals surface area contributed by atoms with Gasteiger partial charge < -0.3 is 10.2 Å². The molecule has 0 radical (unpaired) electrons. The highest BCUT2D eigenvalue weighted by molar-refractivity contribution is 7.92. The van der Waals surface area contributed by atoms with Crippen molar-refractivity contribution in [2.45, 2.75) is 52.7 Å². The van der Waals surface area contributed by atoms with Crippen molar-refractivity contribution in [2.24, 2.45) is 0 Å². The molecule has 2 aromatic rings. The zero-order valence-corrected chi connectivity index (χ0v) is 21.6. The first kappa shape index (κ1) is 27.8. The van der Waals surface area contributed by atoms with Crippen molar-refractivity contribution in [1.29, 1.82) is 0 Å². The van der Waals surface area contributed by atoms with Gasteiger partial charge in [-0.2, -0.15) is 0 Å². The molecule has 0 fully saturated rings. The van der Waals surface area contributed by atoms with Crippen LogP contribution in [-0.2, 0) is 26.2 Å². The predicted molar refractivity (Wildman–Crippen MR) is 134 cm³/mol. The average molecular weight is 505 g/mol. The lowest BCUT2D eigenvalue weighted by Crippen LogP contribution is -2.54. The number of nitrogens with one attached hydrogen (secondary N) is 1. The van der Waals surface area contributed by atoms with E-state index in [9.17, 15) is 28.1 Å². The lowest BCUT2D eigenvalue weighted by molar-refractivity contribution is -0.384. The van der Waals surface area contributed by atoms with Crippen LogP contribution in [0.2, 0.25) is 0 Å². The van der Waals surface area contributed by atoms with E-state index in [0.29, 0.717) is 0 Å². The summed E-state index contributed by atoms with van der Waals surface area (Å²) < 4.78 is 25.9. The Bertz CT molecular complexity index is 1210. The first-order valence-corrected chi connectivity index (χ1v) is 12.8. The van der Waals surface area contributed by atoms with E-state index in [1.165, 1.54) is 23.1 Å². The number of aryl methyl sites for hydroxylation is 1. The lowest BCUT2D eigenvalue weighted by Gasteiger charge is -2.33. The van der Waals surface area contributed by atoms with Gasteiger partial charge in [0.25, 0.3) is 5.69 Å². The quantitative estimate of drug-likeness (QED) is 0.413. The van der Waals surface area contributed by atoms with Gasteiger partial charge in [0.2, 0.25) is 21.8 Å². The second-order valence-electron chi connectivity index (χ2n) is 9.47. The second kappa shape index (κ2) is 10.9. The van der Waals surface area contributed by atoms with Crippen LogP contribution in [0.15, 0.2) is 48.5 Å². The summed E-state index contributed by atoms with van der Waals surface area (Å²) in [4.78, 5) is 38.3. The molecule has 0 aliphatic carbocycles. The highest BCUT2D eigenvalue weighted by Crippen LogP contribution is 2.24. The molecule has 0 heterocycles. The third-order valence-electron chi connectivity index (χ3n) is 5.11. The zero-order chi connectivity index (χ0) is 26.6. The number of benzene rings is 2. The molecule has 1 N–H and O–H groups in total. The largest absolute Gasteiger partial charge is 0.350 e. The van der Waals surface area contributed by atoms with E-state index >= 15 is 0 Å². The Morgan fingerprint density at radius 1 is 1.11 bits per heavy atom. The summed E-state index contributed by atoms with van der Waals surface area (Å²) in [6, 6.07) is 11.6. The Hall–Kier alpha value is -3.47. The summed E-state index contributed by atoms with van der Waals surface area (Å²) in [5, 5.41) is 14.0.